The summed E-state index contributed by atoms with van der Waals surface area (Å²) in [5.74, 6) is -0.759. The number of sulfonamides is 1. The molecule has 1 atom stereocenters. The smallest absolute Gasteiger partial charge is 0.243 e. The molecule has 1 aliphatic rings. The van der Waals surface area contributed by atoms with E-state index < -0.39 is 15.8 Å². The maximum absolute atomic E-state index is 13.8. The van der Waals surface area contributed by atoms with Crippen molar-refractivity contribution >= 4 is 21.6 Å². The van der Waals surface area contributed by atoms with Gasteiger partial charge in [0, 0.05) is 17.6 Å². The van der Waals surface area contributed by atoms with Crippen molar-refractivity contribution in [3.05, 3.63) is 64.9 Å². The predicted octanol–water partition coefficient (Wildman–Crippen LogP) is 3.59. The second-order valence-electron chi connectivity index (χ2n) is 6.06. The van der Waals surface area contributed by atoms with E-state index >= 15 is 0 Å². The summed E-state index contributed by atoms with van der Waals surface area (Å²) in [6.07, 6.45) is 2.14. The Bertz CT molecular complexity index is 838. The van der Waals surface area contributed by atoms with Crippen LogP contribution in [0.5, 0.6) is 0 Å². The number of hydrogen-bond donors (Lipinski definition) is 1. The van der Waals surface area contributed by atoms with Crippen LogP contribution in [0.1, 0.15) is 24.4 Å². The van der Waals surface area contributed by atoms with Gasteiger partial charge in [0.25, 0.3) is 0 Å². The van der Waals surface area contributed by atoms with E-state index in [9.17, 15) is 12.8 Å². The third kappa shape index (κ3) is 4.20. The third-order valence-electron chi connectivity index (χ3n) is 4.44. The van der Waals surface area contributed by atoms with E-state index in [1.807, 2.05) is 18.2 Å². The van der Waals surface area contributed by atoms with Crippen molar-refractivity contribution in [3.63, 3.8) is 0 Å². The van der Waals surface area contributed by atoms with Gasteiger partial charge < -0.3 is 0 Å². The van der Waals surface area contributed by atoms with Crippen LogP contribution in [0.15, 0.2) is 53.4 Å². The molecule has 1 fully saturated rings. The monoisotopic (exact) mass is 382 g/mol. The number of halogens is 2. The van der Waals surface area contributed by atoms with Crippen molar-refractivity contribution in [2.45, 2.75) is 23.8 Å². The molecule has 0 aromatic heterocycles. The molecule has 3 rings (SSSR count). The van der Waals surface area contributed by atoms with Gasteiger partial charge in [0.2, 0.25) is 10.0 Å². The Morgan fingerprint density at radius 1 is 1.08 bits per heavy atom. The van der Waals surface area contributed by atoms with Crippen molar-refractivity contribution in [1.82, 2.24) is 9.62 Å². The topological polar surface area (TPSA) is 49.4 Å². The Morgan fingerprint density at radius 2 is 1.72 bits per heavy atom. The second-order valence-corrected chi connectivity index (χ2v) is 8.21. The van der Waals surface area contributed by atoms with Crippen molar-refractivity contribution in [2.24, 2.45) is 0 Å². The van der Waals surface area contributed by atoms with E-state index in [1.165, 1.54) is 18.2 Å². The van der Waals surface area contributed by atoms with E-state index in [0.717, 1.165) is 37.6 Å². The first-order chi connectivity index (χ1) is 12.0. The van der Waals surface area contributed by atoms with E-state index in [1.54, 1.807) is 6.07 Å². The van der Waals surface area contributed by atoms with E-state index in [0.29, 0.717) is 5.02 Å². The molecule has 1 N–H and O–H groups in total. The van der Waals surface area contributed by atoms with E-state index in [-0.39, 0.29) is 17.5 Å². The standard InChI is InChI=1S/C18H20ClFN2O2S/c19-15-8-2-1-7-14(15)17(22-11-5-6-12-22)13-21-25(23,24)18-10-4-3-9-16(18)20/h1-4,7-10,17,21H,5-6,11-13H2. The molecular formula is C18H20ClFN2O2S. The first kappa shape index (κ1) is 18.3. The lowest BCUT2D eigenvalue weighted by atomic mass is 10.1. The van der Waals surface area contributed by atoms with Gasteiger partial charge in [-0.2, -0.15) is 0 Å². The summed E-state index contributed by atoms with van der Waals surface area (Å²) in [5, 5.41) is 0.601. The van der Waals surface area contributed by atoms with Crippen LogP contribution in [-0.4, -0.2) is 33.0 Å². The highest BCUT2D eigenvalue weighted by molar-refractivity contribution is 7.89. The fourth-order valence-corrected chi connectivity index (χ4v) is 4.54. The van der Waals surface area contributed by atoms with Gasteiger partial charge in [-0.1, -0.05) is 41.9 Å². The van der Waals surface area contributed by atoms with Crippen LogP contribution in [0, 0.1) is 5.82 Å². The largest absolute Gasteiger partial charge is 0.295 e. The van der Waals surface area contributed by atoms with Crippen LogP contribution >= 0.6 is 11.6 Å². The molecule has 0 saturated carbocycles. The predicted molar refractivity (Wildman–Crippen MR) is 96.6 cm³/mol. The number of rotatable bonds is 6. The lowest BCUT2D eigenvalue weighted by Gasteiger charge is -2.28. The van der Waals surface area contributed by atoms with Gasteiger partial charge in [-0.05, 0) is 49.7 Å². The zero-order chi connectivity index (χ0) is 17.9. The molecule has 134 valence electrons. The molecule has 1 unspecified atom stereocenters. The molecule has 0 spiro atoms. The van der Waals surface area contributed by atoms with Gasteiger partial charge in [0.1, 0.15) is 10.7 Å². The number of benzene rings is 2. The fourth-order valence-electron chi connectivity index (χ4n) is 3.16. The van der Waals surface area contributed by atoms with E-state index in [4.69, 9.17) is 11.6 Å². The van der Waals surface area contributed by atoms with Crippen LogP contribution in [0.2, 0.25) is 5.02 Å². The molecule has 0 bridgehead atoms. The summed E-state index contributed by atoms with van der Waals surface area (Å²) in [7, 11) is -3.93. The van der Waals surface area contributed by atoms with E-state index in [2.05, 4.69) is 9.62 Å². The van der Waals surface area contributed by atoms with Crippen LogP contribution in [0.4, 0.5) is 4.39 Å². The summed E-state index contributed by atoms with van der Waals surface area (Å²) in [6.45, 7) is 1.91. The highest BCUT2D eigenvalue weighted by atomic mass is 35.5. The molecule has 2 aromatic carbocycles. The number of hydrogen-bond acceptors (Lipinski definition) is 3. The number of nitrogens with zero attached hydrogens (tertiary/aromatic N) is 1. The molecular weight excluding hydrogens is 363 g/mol. The molecule has 7 heteroatoms. The fraction of sp³-hybridized carbons (Fsp3) is 0.333. The molecule has 1 saturated heterocycles. The van der Waals surface area contributed by atoms with Crippen LogP contribution < -0.4 is 4.72 Å². The quantitative estimate of drug-likeness (QED) is 0.830. The minimum atomic E-state index is -3.93. The molecule has 0 aliphatic carbocycles. The molecule has 1 aliphatic heterocycles. The average molecular weight is 383 g/mol. The number of nitrogens with one attached hydrogen (secondary N) is 1. The highest BCUT2D eigenvalue weighted by Crippen LogP contribution is 2.30. The summed E-state index contributed by atoms with van der Waals surface area (Å²) in [4.78, 5) is 1.87. The summed E-state index contributed by atoms with van der Waals surface area (Å²) < 4.78 is 41.4. The average Bonchev–Trinajstić information content (AvgIpc) is 3.11. The Labute approximate surface area is 152 Å². The zero-order valence-electron chi connectivity index (χ0n) is 13.7. The first-order valence-corrected chi connectivity index (χ1v) is 10.1. The Morgan fingerprint density at radius 3 is 2.40 bits per heavy atom. The van der Waals surface area contributed by atoms with Gasteiger partial charge in [0.15, 0.2) is 0 Å². The maximum atomic E-state index is 13.8. The Balaban J connectivity index is 1.84. The van der Waals surface area contributed by atoms with Gasteiger partial charge in [-0.3, -0.25) is 4.90 Å². The molecule has 25 heavy (non-hydrogen) atoms. The lowest BCUT2D eigenvalue weighted by Crippen LogP contribution is -2.37. The van der Waals surface area contributed by atoms with Crippen molar-refractivity contribution in [2.75, 3.05) is 19.6 Å². The van der Waals surface area contributed by atoms with Crippen LogP contribution in [-0.2, 0) is 10.0 Å². The third-order valence-corrected chi connectivity index (χ3v) is 6.24. The summed E-state index contributed by atoms with van der Waals surface area (Å²) in [5.41, 5.74) is 0.877. The number of likely N-dealkylation sites (tertiary alicyclic amines) is 1. The van der Waals surface area contributed by atoms with Crippen LogP contribution in [0.3, 0.4) is 0 Å². The van der Waals surface area contributed by atoms with Gasteiger partial charge >= 0.3 is 0 Å². The summed E-state index contributed by atoms with van der Waals surface area (Å²) in [6, 6.07) is 12.6. The molecule has 1 heterocycles. The highest BCUT2D eigenvalue weighted by Gasteiger charge is 2.27. The van der Waals surface area contributed by atoms with Gasteiger partial charge in [-0.15, -0.1) is 0 Å². The normalized spacial score (nSPS) is 16.9. The van der Waals surface area contributed by atoms with Gasteiger partial charge in [0.05, 0.1) is 0 Å². The van der Waals surface area contributed by atoms with Crippen molar-refractivity contribution in [1.29, 1.82) is 0 Å². The molecule has 0 amide bonds. The minimum Gasteiger partial charge on any atom is -0.295 e. The Kier molecular flexibility index (Phi) is 5.74. The molecule has 2 aromatic rings. The molecule has 4 nitrogen and oxygen atoms in total. The second kappa shape index (κ2) is 7.83. The van der Waals surface area contributed by atoms with Crippen molar-refractivity contribution < 1.29 is 12.8 Å². The lowest BCUT2D eigenvalue weighted by molar-refractivity contribution is 0.246. The maximum Gasteiger partial charge on any atom is 0.243 e. The SMILES string of the molecule is O=S(=O)(NCC(c1ccccc1Cl)N1CCCC1)c1ccccc1F. The van der Waals surface area contributed by atoms with Crippen LogP contribution in [0.25, 0.3) is 0 Å². The molecule has 0 radical (unpaired) electrons. The first-order valence-electron chi connectivity index (χ1n) is 8.22. The Hall–Kier alpha value is -1.47. The zero-order valence-corrected chi connectivity index (χ0v) is 15.2. The van der Waals surface area contributed by atoms with Crippen molar-refractivity contribution in [3.8, 4) is 0 Å². The minimum absolute atomic E-state index is 0.139. The summed E-state index contributed by atoms with van der Waals surface area (Å²) >= 11 is 6.33. The van der Waals surface area contributed by atoms with Gasteiger partial charge in [-0.25, -0.2) is 17.5 Å².